The molecule has 0 atom stereocenters. The fraction of sp³-hybridized carbons (Fsp3) is 0.917. The van der Waals surface area contributed by atoms with Crippen LogP contribution in [-0.2, 0) is 4.79 Å². The molecule has 3 rings (SSSR count). The quantitative estimate of drug-likeness (QED) is 0.710. The molecule has 0 radical (unpaired) electrons. The number of nitrogens with one attached hydrogen (secondary N) is 1. The molecule has 0 aromatic rings. The summed E-state index contributed by atoms with van der Waals surface area (Å²) in [5, 5.41) is 3.15. The lowest BCUT2D eigenvalue weighted by Gasteiger charge is -2.15. The highest BCUT2D eigenvalue weighted by atomic mass is 16.2. The van der Waals surface area contributed by atoms with Gasteiger partial charge in [-0.05, 0) is 56.3 Å². The van der Waals surface area contributed by atoms with E-state index in [2.05, 4.69) is 5.32 Å². The van der Waals surface area contributed by atoms with Gasteiger partial charge in [0.2, 0.25) is 5.91 Å². The minimum absolute atomic E-state index is 0.330. The van der Waals surface area contributed by atoms with Crippen molar-refractivity contribution in [3.63, 3.8) is 0 Å². The summed E-state index contributed by atoms with van der Waals surface area (Å²) < 4.78 is 0. The third-order valence-electron chi connectivity index (χ3n) is 3.92. The van der Waals surface area contributed by atoms with Gasteiger partial charge in [-0.25, -0.2) is 0 Å². The molecule has 3 saturated carbocycles. The molecule has 0 aromatic carbocycles. The molecule has 3 aliphatic carbocycles. The highest BCUT2D eigenvalue weighted by molar-refractivity contribution is 5.80. The van der Waals surface area contributed by atoms with E-state index in [4.69, 9.17) is 0 Å². The standard InChI is InChI=1S/C12H19NO/c14-12(10-5-6-10)13-7-11(8-1-2-8)9-3-4-9/h8-11H,1-7H2,(H,13,14). The van der Waals surface area contributed by atoms with E-state index in [1.54, 1.807) is 0 Å². The van der Waals surface area contributed by atoms with Crippen LogP contribution < -0.4 is 5.32 Å². The van der Waals surface area contributed by atoms with Gasteiger partial charge in [-0.15, -0.1) is 0 Å². The van der Waals surface area contributed by atoms with E-state index < -0.39 is 0 Å². The summed E-state index contributed by atoms with van der Waals surface area (Å²) in [6.45, 7) is 0.977. The van der Waals surface area contributed by atoms with Crippen molar-refractivity contribution in [1.82, 2.24) is 5.32 Å². The third-order valence-corrected chi connectivity index (χ3v) is 3.92. The average molecular weight is 193 g/mol. The van der Waals surface area contributed by atoms with Crippen molar-refractivity contribution in [3.8, 4) is 0 Å². The highest BCUT2D eigenvalue weighted by Gasteiger charge is 2.41. The number of amides is 1. The van der Waals surface area contributed by atoms with Crippen LogP contribution in [0.1, 0.15) is 38.5 Å². The molecule has 2 nitrogen and oxygen atoms in total. The molecule has 1 amide bonds. The second-order valence-electron chi connectivity index (χ2n) is 5.36. The first-order valence-electron chi connectivity index (χ1n) is 6.12. The van der Waals surface area contributed by atoms with Gasteiger partial charge in [0, 0.05) is 12.5 Å². The zero-order valence-electron chi connectivity index (χ0n) is 8.67. The van der Waals surface area contributed by atoms with Crippen molar-refractivity contribution in [3.05, 3.63) is 0 Å². The average Bonchev–Trinajstić information content (AvgIpc) is 2.95. The molecule has 0 bridgehead atoms. The molecule has 14 heavy (non-hydrogen) atoms. The second kappa shape index (κ2) is 3.25. The van der Waals surface area contributed by atoms with Crippen LogP contribution in [0.5, 0.6) is 0 Å². The third kappa shape index (κ3) is 1.94. The van der Waals surface area contributed by atoms with Gasteiger partial charge in [-0.3, -0.25) is 4.79 Å². The zero-order chi connectivity index (χ0) is 9.54. The molecule has 0 spiro atoms. The molecule has 3 fully saturated rings. The monoisotopic (exact) mass is 193 g/mol. The molecule has 0 aliphatic heterocycles. The van der Waals surface area contributed by atoms with Crippen molar-refractivity contribution < 1.29 is 4.79 Å². The number of carbonyl (C=O) groups is 1. The molecule has 0 aromatic heterocycles. The Labute approximate surface area is 85.4 Å². The summed E-state index contributed by atoms with van der Waals surface area (Å²) in [6, 6.07) is 0. The summed E-state index contributed by atoms with van der Waals surface area (Å²) >= 11 is 0. The maximum absolute atomic E-state index is 11.5. The number of rotatable bonds is 5. The maximum atomic E-state index is 11.5. The summed E-state index contributed by atoms with van der Waals surface area (Å²) in [7, 11) is 0. The number of carbonyl (C=O) groups excluding carboxylic acids is 1. The lowest BCUT2D eigenvalue weighted by molar-refractivity contribution is -0.122. The van der Waals surface area contributed by atoms with Crippen molar-refractivity contribution in [1.29, 1.82) is 0 Å². The van der Waals surface area contributed by atoms with Crippen LogP contribution in [0.3, 0.4) is 0 Å². The molecule has 2 heteroatoms. The van der Waals surface area contributed by atoms with E-state index in [-0.39, 0.29) is 0 Å². The van der Waals surface area contributed by atoms with Crippen LogP contribution in [0, 0.1) is 23.7 Å². The van der Waals surface area contributed by atoms with E-state index in [1.165, 1.54) is 25.7 Å². The molecule has 78 valence electrons. The van der Waals surface area contributed by atoms with Gasteiger partial charge in [0.05, 0.1) is 0 Å². The van der Waals surface area contributed by atoms with Crippen LogP contribution in [0.4, 0.5) is 0 Å². The van der Waals surface area contributed by atoms with E-state index in [0.29, 0.717) is 11.8 Å². The van der Waals surface area contributed by atoms with Crippen LogP contribution in [-0.4, -0.2) is 12.5 Å². The molecule has 0 saturated heterocycles. The first-order chi connectivity index (χ1) is 6.84. The van der Waals surface area contributed by atoms with Gasteiger partial charge < -0.3 is 5.32 Å². The van der Waals surface area contributed by atoms with E-state index >= 15 is 0 Å². The fourth-order valence-electron chi connectivity index (χ4n) is 2.48. The Bertz CT molecular complexity index is 227. The Morgan fingerprint density at radius 2 is 1.64 bits per heavy atom. The smallest absolute Gasteiger partial charge is 0.223 e. The van der Waals surface area contributed by atoms with E-state index in [0.717, 1.165) is 37.1 Å². The zero-order valence-corrected chi connectivity index (χ0v) is 8.67. The first kappa shape index (κ1) is 8.75. The Hall–Kier alpha value is -0.530. The lowest BCUT2D eigenvalue weighted by Crippen LogP contribution is -2.32. The lowest BCUT2D eigenvalue weighted by atomic mass is 9.98. The minimum atomic E-state index is 0.330. The first-order valence-corrected chi connectivity index (χ1v) is 6.12. The van der Waals surface area contributed by atoms with Gasteiger partial charge in [0.25, 0.3) is 0 Å². The molecule has 3 aliphatic rings. The predicted molar refractivity (Wildman–Crippen MR) is 54.7 cm³/mol. The van der Waals surface area contributed by atoms with Crippen LogP contribution in [0.2, 0.25) is 0 Å². The molecule has 0 unspecified atom stereocenters. The summed E-state index contributed by atoms with van der Waals surface area (Å²) in [5.41, 5.74) is 0. The van der Waals surface area contributed by atoms with Crippen LogP contribution in [0.25, 0.3) is 0 Å². The summed E-state index contributed by atoms with van der Waals surface area (Å²) in [4.78, 5) is 11.5. The van der Waals surface area contributed by atoms with Gasteiger partial charge in [0.15, 0.2) is 0 Å². The second-order valence-corrected chi connectivity index (χ2v) is 5.36. The van der Waals surface area contributed by atoms with Crippen molar-refractivity contribution in [2.24, 2.45) is 23.7 Å². The Morgan fingerprint density at radius 3 is 2.07 bits per heavy atom. The summed E-state index contributed by atoms with van der Waals surface area (Å²) in [5.74, 6) is 3.46. The summed E-state index contributed by atoms with van der Waals surface area (Å²) in [6.07, 6.45) is 7.93. The SMILES string of the molecule is O=C(NCC(C1CC1)C1CC1)C1CC1. The number of hydrogen-bond donors (Lipinski definition) is 1. The minimum Gasteiger partial charge on any atom is -0.356 e. The van der Waals surface area contributed by atoms with Gasteiger partial charge in [0.1, 0.15) is 0 Å². The maximum Gasteiger partial charge on any atom is 0.223 e. The van der Waals surface area contributed by atoms with Crippen molar-refractivity contribution in [2.75, 3.05) is 6.54 Å². The molecule has 0 heterocycles. The van der Waals surface area contributed by atoms with E-state index in [9.17, 15) is 4.79 Å². The van der Waals surface area contributed by atoms with E-state index in [1.807, 2.05) is 0 Å². The Kier molecular flexibility index (Phi) is 2.03. The van der Waals surface area contributed by atoms with Crippen LogP contribution in [0.15, 0.2) is 0 Å². The normalized spacial score (nSPS) is 26.6. The van der Waals surface area contributed by atoms with Gasteiger partial charge >= 0.3 is 0 Å². The largest absolute Gasteiger partial charge is 0.356 e. The highest BCUT2D eigenvalue weighted by Crippen LogP contribution is 2.48. The predicted octanol–water partition coefficient (Wildman–Crippen LogP) is 1.95. The topological polar surface area (TPSA) is 29.1 Å². The Morgan fingerprint density at radius 1 is 1.07 bits per heavy atom. The van der Waals surface area contributed by atoms with Gasteiger partial charge in [-0.1, -0.05) is 0 Å². The molecular weight excluding hydrogens is 174 g/mol. The Balaban J connectivity index is 1.46. The number of hydrogen-bond acceptors (Lipinski definition) is 1. The van der Waals surface area contributed by atoms with Gasteiger partial charge in [-0.2, -0.15) is 0 Å². The van der Waals surface area contributed by atoms with Crippen LogP contribution >= 0.6 is 0 Å². The van der Waals surface area contributed by atoms with Crippen molar-refractivity contribution >= 4 is 5.91 Å². The molecular formula is C12H19NO. The van der Waals surface area contributed by atoms with Crippen molar-refractivity contribution in [2.45, 2.75) is 38.5 Å². The fourth-order valence-corrected chi connectivity index (χ4v) is 2.48. The molecule has 1 N–H and O–H groups in total.